The monoisotopic (exact) mass is 544 g/mol. The van der Waals surface area contributed by atoms with Crippen molar-refractivity contribution in [2.24, 2.45) is 0 Å². The molecule has 0 aliphatic carbocycles. The van der Waals surface area contributed by atoms with Gasteiger partial charge in [-0.25, -0.2) is 0 Å². The van der Waals surface area contributed by atoms with Gasteiger partial charge in [0, 0.05) is 17.4 Å². The van der Waals surface area contributed by atoms with Crippen LogP contribution in [0.4, 0.5) is 4.79 Å². The number of amides is 2. The fourth-order valence-electron chi connectivity index (χ4n) is 3.20. The molecular formula is C24H18BrClN2O4S. The number of imide groups is 1. The molecule has 0 spiro atoms. The molecular weight excluding hydrogens is 528 g/mol. The van der Waals surface area contributed by atoms with Gasteiger partial charge in [-0.15, -0.1) is 0 Å². The van der Waals surface area contributed by atoms with Crippen molar-refractivity contribution in [3.63, 3.8) is 0 Å². The number of nitrogens with zero attached hydrogens (tertiary/aromatic N) is 2. The van der Waals surface area contributed by atoms with Gasteiger partial charge in [0.2, 0.25) is 0 Å². The SMILES string of the molecule is COc1cc(/C=C2\SC(=O)N(Cc3cccc(Cl)c3)C2=O)cc(Br)c1OCc1ccncc1. The number of hydrogen-bond donors (Lipinski definition) is 0. The lowest BCUT2D eigenvalue weighted by Crippen LogP contribution is -2.27. The summed E-state index contributed by atoms with van der Waals surface area (Å²) in [5, 5.41) is 0.229. The first kappa shape index (κ1) is 23.4. The van der Waals surface area contributed by atoms with Crippen molar-refractivity contribution in [1.82, 2.24) is 9.88 Å². The number of rotatable bonds is 7. The number of carbonyl (C=O) groups is 2. The molecule has 2 amide bonds. The number of thioether (sulfide) groups is 1. The quantitative estimate of drug-likeness (QED) is 0.324. The predicted octanol–water partition coefficient (Wildman–Crippen LogP) is 6.32. The van der Waals surface area contributed by atoms with Crippen LogP contribution in [0.25, 0.3) is 6.08 Å². The van der Waals surface area contributed by atoms with Gasteiger partial charge in [-0.3, -0.25) is 19.5 Å². The smallest absolute Gasteiger partial charge is 0.293 e. The van der Waals surface area contributed by atoms with E-state index in [2.05, 4.69) is 20.9 Å². The summed E-state index contributed by atoms with van der Waals surface area (Å²) < 4.78 is 12.1. The summed E-state index contributed by atoms with van der Waals surface area (Å²) in [6.07, 6.45) is 5.07. The molecule has 2 aromatic carbocycles. The molecule has 0 bridgehead atoms. The van der Waals surface area contributed by atoms with E-state index in [1.165, 1.54) is 4.90 Å². The molecule has 6 nitrogen and oxygen atoms in total. The average Bonchev–Trinajstić information content (AvgIpc) is 3.06. The number of ether oxygens (including phenoxy) is 2. The van der Waals surface area contributed by atoms with Gasteiger partial charge in [-0.2, -0.15) is 0 Å². The zero-order valence-electron chi connectivity index (χ0n) is 17.5. The van der Waals surface area contributed by atoms with Gasteiger partial charge >= 0.3 is 0 Å². The number of pyridine rings is 1. The Kier molecular flexibility index (Phi) is 7.37. The Morgan fingerprint density at radius 1 is 1.12 bits per heavy atom. The molecule has 0 unspecified atom stereocenters. The van der Waals surface area contributed by atoms with Crippen LogP contribution in [-0.4, -0.2) is 28.1 Å². The van der Waals surface area contributed by atoms with Gasteiger partial charge in [0.15, 0.2) is 11.5 Å². The summed E-state index contributed by atoms with van der Waals surface area (Å²) in [5.74, 6) is 0.696. The molecule has 0 saturated carbocycles. The molecule has 1 saturated heterocycles. The second-order valence-electron chi connectivity index (χ2n) is 7.08. The van der Waals surface area contributed by atoms with E-state index in [0.717, 1.165) is 22.9 Å². The normalized spacial score (nSPS) is 14.8. The topological polar surface area (TPSA) is 68.7 Å². The summed E-state index contributed by atoms with van der Waals surface area (Å²) in [6, 6.07) is 14.4. The zero-order valence-corrected chi connectivity index (χ0v) is 20.6. The van der Waals surface area contributed by atoms with Gasteiger partial charge in [0.05, 0.1) is 23.0 Å². The molecule has 168 valence electrons. The molecule has 1 aliphatic heterocycles. The van der Waals surface area contributed by atoms with Gasteiger partial charge in [0.1, 0.15) is 6.61 Å². The van der Waals surface area contributed by atoms with Crippen LogP contribution in [0.2, 0.25) is 5.02 Å². The van der Waals surface area contributed by atoms with Gasteiger partial charge in [-0.05, 0) is 86.9 Å². The largest absolute Gasteiger partial charge is 0.493 e. The molecule has 33 heavy (non-hydrogen) atoms. The third-order valence-electron chi connectivity index (χ3n) is 4.79. The van der Waals surface area contributed by atoms with Gasteiger partial charge < -0.3 is 9.47 Å². The van der Waals surface area contributed by atoms with Crippen molar-refractivity contribution >= 4 is 56.5 Å². The molecule has 9 heteroatoms. The zero-order chi connectivity index (χ0) is 23.4. The van der Waals surface area contributed by atoms with Gasteiger partial charge in [-0.1, -0.05) is 23.7 Å². The van der Waals surface area contributed by atoms with Crippen molar-refractivity contribution in [2.75, 3.05) is 7.11 Å². The van der Waals surface area contributed by atoms with E-state index in [9.17, 15) is 9.59 Å². The number of aromatic nitrogens is 1. The highest BCUT2D eigenvalue weighted by atomic mass is 79.9. The minimum atomic E-state index is -0.349. The van der Waals surface area contributed by atoms with E-state index in [1.54, 1.807) is 49.8 Å². The summed E-state index contributed by atoms with van der Waals surface area (Å²) >= 11 is 10.4. The fraction of sp³-hybridized carbons (Fsp3) is 0.125. The number of hydrogen-bond acceptors (Lipinski definition) is 6. The summed E-state index contributed by atoms with van der Waals surface area (Å²) in [4.78, 5) is 30.9. The molecule has 3 aromatic rings. The van der Waals surface area contributed by atoms with Crippen LogP contribution in [-0.2, 0) is 17.9 Å². The van der Waals surface area contributed by atoms with E-state index in [1.807, 2.05) is 24.3 Å². The van der Waals surface area contributed by atoms with E-state index in [4.69, 9.17) is 21.1 Å². The molecule has 4 rings (SSSR count). The average molecular weight is 546 g/mol. The Balaban J connectivity index is 1.54. The maximum absolute atomic E-state index is 12.9. The van der Waals surface area contributed by atoms with Crippen LogP contribution in [0.5, 0.6) is 11.5 Å². The third-order valence-corrected chi connectivity index (χ3v) is 6.52. The van der Waals surface area contributed by atoms with Crippen LogP contribution in [0.3, 0.4) is 0 Å². The second kappa shape index (κ2) is 10.4. The molecule has 0 radical (unpaired) electrons. The number of halogens is 2. The van der Waals surface area contributed by atoms with Crippen molar-refractivity contribution in [3.8, 4) is 11.5 Å². The Labute approximate surface area is 208 Å². The highest BCUT2D eigenvalue weighted by Gasteiger charge is 2.35. The van der Waals surface area contributed by atoms with E-state index < -0.39 is 0 Å². The number of benzene rings is 2. The Hall–Kier alpha value is -2.81. The van der Waals surface area contributed by atoms with Gasteiger partial charge in [0.25, 0.3) is 11.1 Å². The van der Waals surface area contributed by atoms with Crippen molar-refractivity contribution in [1.29, 1.82) is 0 Å². The number of carbonyl (C=O) groups excluding carboxylic acids is 2. The van der Waals surface area contributed by atoms with Crippen LogP contribution in [0, 0.1) is 0 Å². The highest BCUT2D eigenvalue weighted by molar-refractivity contribution is 9.10. The highest BCUT2D eigenvalue weighted by Crippen LogP contribution is 2.39. The molecule has 1 aromatic heterocycles. The molecule has 0 N–H and O–H groups in total. The molecule has 1 aliphatic rings. The Bertz CT molecular complexity index is 1240. The van der Waals surface area contributed by atoms with Crippen LogP contribution >= 0.6 is 39.3 Å². The minimum absolute atomic E-state index is 0.164. The molecule has 2 heterocycles. The van der Waals surface area contributed by atoms with E-state index in [-0.39, 0.29) is 17.7 Å². The van der Waals surface area contributed by atoms with Crippen LogP contribution in [0.1, 0.15) is 16.7 Å². The molecule has 1 fully saturated rings. The van der Waals surface area contributed by atoms with Crippen molar-refractivity contribution in [3.05, 3.63) is 92.0 Å². The second-order valence-corrected chi connectivity index (χ2v) is 9.36. The van der Waals surface area contributed by atoms with E-state index in [0.29, 0.717) is 38.1 Å². The lowest BCUT2D eigenvalue weighted by Gasteiger charge is -2.14. The number of methoxy groups -OCH3 is 1. The lowest BCUT2D eigenvalue weighted by molar-refractivity contribution is -0.123. The first-order valence-electron chi connectivity index (χ1n) is 9.83. The first-order valence-corrected chi connectivity index (χ1v) is 11.8. The van der Waals surface area contributed by atoms with Crippen molar-refractivity contribution in [2.45, 2.75) is 13.2 Å². The van der Waals surface area contributed by atoms with E-state index >= 15 is 0 Å². The van der Waals surface area contributed by atoms with Crippen molar-refractivity contribution < 1.29 is 19.1 Å². The summed E-state index contributed by atoms with van der Waals surface area (Å²) in [5.41, 5.74) is 2.45. The lowest BCUT2D eigenvalue weighted by atomic mass is 10.1. The Morgan fingerprint density at radius 2 is 1.91 bits per heavy atom. The molecule has 0 atom stereocenters. The fourth-order valence-corrected chi connectivity index (χ4v) is 4.83. The van der Waals surface area contributed by atoms with Crippen LogP contribution in [0.15, 0.2) is 70.3 Å². The Morgan fingerprint density at radius 3 is 2.64 bits per heavy atom. The summed E-state index contributed by atoms with van der Waals surface area (Å²) in [7, 11) is 1.55. The first-order chi connectivity index (χ1) is 15.9. The van der Waals surface area contributed by atoms with Crippen LogP contribution < -0.4 is 9.47 Å². The maximum atomic E-state index is 12.9. The maximum Gasteiger partial charge on any atom is 0.293 e. The summed E-state index contributed by atoms with van der Waals surface area (Å²) in [6.45, 7) is 0.511. The predicted molar refractivity (Wildman–Crippen MR) is 132 cm³/mol. The minimum Gasteiger partial charge on any atom is -0.493 e. The standard InChI is InChI=1S/C24H18BrClN2O4S/c1-31-20-11-17(10-19(25)22(20)32-14-15-5-7-27-8-6-15)12-21-23(29)28(24(30)33-21)13-16-3-2-4-18(26)9-16/h2-12H,13-14H2,1H3/b21-12-. The third kappa shape index (κ3) is 5.58.